The molecule has 0 aromatic heterocycles. The number of hydrogen-bond donors (Lipinski definition) is 1. The molecule has 2 aromatic rings. The number of esters is 1. The maximum Gasteiger partial charge on any atom is 0.307 e. The topological polar surface area (TPSA) is 121 Å². The summed E-state index contributed by atoms with van der Waals surface area (Å²) in [6, 6.07) is 13.0. The Labute approximate surface area is 157 Å². The van der Waals surface area contributed by atoms with Crippen LogP contribution >= 0.6 is 0 Å². The highest BCUT2D eigenvalue weighted by Crippen LogP contribution is 2.25. The van der Waals surface area contributed by atoms with Crippen LogP contribution in [0.25, 0.3) is 10.4 Å². The van der Waals surface area contributed by atoms with Crippen molar-refractivity contribution in [3.63, 3.8) is 0 Å². The molecule has 27 heavy (non-hydrogen) atoms. The summed E-state index contributed by atoms with van der Waals surface area (Å²) in [4.78, 5) is 14.7. The van der Waals surface area contributed by atoms with E-state index in [1.54, 1.807) is 42.5 Å². The van der Waals surface area contributed by atoms with Crippen LogP contribution in [0.3, 0.4) is 0 Å². The van der Waals surface area contributed by atoms with E-state index in [0.29, 0.717) is 5.56 Å². The maximum absolute atomic E-state index is 12.8. The second-order valence-electron chi connectivity index (χ2n) is 5.88. The normalized spacial score (nSPS) is 13.3. The van der Waals surface area contributed by atoms with Gasteiger partial charge in [0, 0.05) is 11.0 Å². The lowest BCUT2D eigenvalue weighted by Gasteiger charge is -2.24. The minimum Gasteiger partial charge on any atom is -0.469 e. The van der Waals surface area contributed by atoms with Gasteiger partial charge in [-0.25, -0.2) is 13.1 Å². The third-order valence-electron chi connectivity index (χ3n) is 3.95. The molecule has 0 bridgehead atoms. The van der Waals surface area contributed by atoms with Gasteiger partial charge in [0.15, 0.2) is 0 Å². The van der Waals surface area contributed by atoms with E-state index >= 15 is 0 Å². The molecule has 0 aliphatic rings. The van der Waals surface area contributed by atoms with Crippen molar-refractivity contribution < 1.29 is 17.9 Å². The first-order chi connectivity index (χ1) is 12.9. The van der Waals surface area contributed by atoms with Crippen molar-refractivity contribution in [1.29, 1.82) is 0 Å². The molecule has 0 amide bonds. The standard InChI is InChI=1S/C18H20N4O4S/c1-13-8-10-15(11-9-13)27(24,25)21-16(12-17(23)26-2)18(20-22-19)14-6-4-3-5-7-14/h3-11,16,18,21H,12H2,1-2H3/t16-,18+/m0/s1. The average Bonchev–Trinajstić information content (AvgIpc) is 2.66. The van der Waals surface area contributed by atoms with Crippen LogP contribution in [-0.4, -0.2) is 27.5 Å². The molecule has 0 radical (unpaired) electrons. The van der Waals surface area contributed by atoms with Crippen LogP contribution in [0.15, 0.2) is 64.6 Å². The van der Waals surface area contributed by atoms with Crippen LogP contribution in [0, 0.1) is 6.92 Å². The van der Waals surface area contributed by atoms with Crippen LogP contribution in [0.2, 0.25) is 0 Å². The number of hydrogen-bond acceptors (Lipinski definition) is 5. The van der Waals surface area contributed by atoms with Crippen LogP contribution in [0.4, 0.5) is 0 Å². The Morgan fingerprint density at radius 1 is 1.19 bits per heavy atom. The summed E-state index contributed by atoms with van der Waals surface area (Å²) in [5.74, 6) is -0.624. The van der Waals surface area contributed by atoms with Gasteiger partial charge in [0.2, 0.25) is 10.0 Å². The summed E-state index contributed by atoms with van der Waals surface area (Å²) in [7, 11) is -2.74. The van der Waals surface area contributed by atoms with E-state index in [2.05, 4.69) is 19.5 Å². The summed E-state index contributed by atoms with van der Waals surface area (Å²) in [6.07, 6.45) is -0.291. The van der Waals surface area contributed by atoms with Gasteiger partial charge in [-0.05, 0) is 30.2 Å². The summed E-state index contributed by atoms with van der Waals surface area (Å²) < 4.78 is 32.7. The Bertz CT molecular complexity index is 924. The van der Waals surface area contributed by atoms with Crippen LogP contribution < -0.4 is 4.72 Å². The zero-order chi connectivity index (χ0) is 19.9. The van der Waals surface area contributed by atoms with Gasteiger partial charge in [-0.15, -0.1) is 0 Å². The first-order valence-corrected chi connectivity index (χ1v) is 9.60. The number of nitrogens with one attached hydrogen (secondary N) is 1. The molecule has 0 unspecified atom stereocenters. The highest BCUT2D eigenvalue weighted by molar-refractivity contribution is 7.89. The lowest BCUT2D eigenvalue weighted by atomic mass is 9.98. The molecule has 0 heterocycles. The second-order valence-corrected chi connectivity index (χ2v) is 7.60. The Morgan fingerprint density at radius 2 is 1.81 bits per heavy atom. The van der Waals surface area contributed by atoms with Crippen molar-refractivity contribution in [3.05, 3.63) is 76.2 Å². The number of nitrogens with zero attached hydrogens (tertiary/aromatic N) is 3. The Balaban J connectivity index is 2.42. The molecule has 2 atom stereocenters. The minimum absolute atomic E-state index is 0.0516. The quantitative estimate of drug-likeness (QED) is 0.323. The highest BCUT2D eigenvalue weighted by atomic mass is 32.2. The summed E-state index contributed by atoms with van der Waals surface area (Å²) in [5.41, 5.74) is 10.4. The van der Waals surface area contributed by atoms with Gasteiger partial charge >= 0.3 is 5.97 Å². The lowest BCUT2D eigenvalue weighted by molar-refractivity contribution is -0.141. The Morgan fingerprint density at radius 3 is 2.37 bits per heavy atom. The smallest absolute Gasteiger partial charge is 0.307 e. The fourth-order valence-electron chi connectivity index (χ4n) is 2.55. The van der Waals surface area contributed by atoms with E-state index in [9.17, 15) is 13.2 Å². The van der Waals surface area contributed by atoms with Gasteiger partial charge in [-0.3, -0.25) is 4.79 Å². The molecule has 8 nitrogen and oxygen atoms in total. The van der Waals surface area contributed by atoms with Crippen LogP contribution in [0.1, 0.15) is 23.6 Å². The minimum atomic E-state index is -3.94. The number of ether oxygens (including phenoxy) is 1. The number of azide groups is 1. The van der Waals surface area contributed by atoms with E-state index in [0.717, 1.165) is 5.56 Å². The second kappa shape index (κ2) is 9.18. The molecule has 2 aromatic carbocycles. The number of carbonyl (C=O) groups is 1. The molecule has 142 valence electrons. The van der Waals surface area contributed by atoms with E-state index in [1.807, 2.05) is 6.92 Å². The summed E-state index contributed by atoms with van der Waals surface area (Å²) in [6.45, 7) is 1.84. The predicted molar refractivity (Wildman–Crippen MR) is 100 cm³/mol. The molecule has 0 spiro atoms. The highest BCUT2D eigenvalue weighted by Gasteiger charge is 2.30. The van der Waals surface area contributed by atoms with Crippen LogP contribution in [0.5, 0.6) is 0 Å². The number of benzene rings is 2. The molecule has 0 aliphatic heterocycles. The Kier molecular flexibility index (Phi) is 6.95. The van der Waals surface area contributed by atoms with E-state index in [1.165, 1.54) is 19.2 Å². The third kappa shape index (κ3) is 5.55. The van der Waals surface area contributed by atoms with Crippen molar-refractivity contribution in [2.45, 2.75) is 30.3 Å². The van der Waals surface area contributed by atoms with Gasteiger partial charge in [-0.1, -0.05) is 53.1 Å². The molecule has 0 saturated carbocycles. The molecule has 1 N–H and O–H groups in total. The largest absolute Gasteiger partial charge is 0.469 e. The molecule has 0 fully saturated rings. The van der Waals surface area contributed by atoms with Crippen molar-refractivity contribution in [1.82, 2.24) is 4.72 Å². The first kappa shape index (κ1) is 20.4. The number of sulfonamides is 1. The van der Waals surface area contributed by atoms with Crippen molar-refractivity contribution in [3.8, 4) is 0 Å². The van der Waals surface area contributed by atoms with Gasteiger partial charge in [0.25, 0.3) is 0 Å². The number of methoxy groups -OCH3 is 1. The molecule has 9 heteroatoms. The van der Waals surface area contributed by atoms with Gasteiger partial charge in [0.05, 0.1) is 24.5 Å². The molecule has 0 saturated heterocycles. The van der Waals surface area contributed by atoms with Gasteiger partial charge < -0.3 is 4.74 Å². The SMILES string of the molecule is COC(=O)C[C@H](NS(=O)(=O)c1ccc(C)cc1)[C@H](N=[N+]=[N-])c1ccccc1. The maximum atomic E-state index is 12.8. The summed E-state index contributed by atoms with van der Waals surface area (Å²) >= 11 is 0. The van der Waals surface area contributed by atoms with Crippen molar-refractivity contribution >= 4 is 16.0 Å². The first-order valence-electron chi connectivity index (χ1n) is 8.12. The van der Waals surface area contributed by atoms with Gasteiger partial charge in [-0.2, -0.15) is 0 Å². The van der Waals surface area contributed by atoms with Crippen LogP contribution in [-0.2, 0) is 19.6 Å². The van der Waals surface area contributed by atoms with E-state index in [4.69, 9.17) is 5.53 Å². The fraction of sp³-hybridized carbons (Fsp3) is 0.278. The fourth-order valence-corrected chi connectivity index (χ4v) is 3.79. The molecular formula is C18H20N4O4S. The lowest BCUT2D eigenvalue weighted by Crippen LogP contribution is -2.40. The predicted octanol–water partition coefficient (Wildman–Crippen LogP) is 3.26. The van der Waals surface area contributed by atoms with Crippen molar-refractivity contribution in [2.75, 3.05) is 7.11 Å². The molecule has 0 aliphatic carbocycles. The zero-order valence-corrected chi connectivity index (χ0v) is 15.8. The van der Waals surface area contributed by atoms with E-state index in [-0.39, 0.29) is 11.3 Å². The zero-order valence-electron chi connectivity index (χ0n) is 14.9. The molecule has 2 rings (SSSR count). The number of aryl methyl sites for hydroxylation is 1. The number of carbonyl (C=O) groups excluding carboxylic acids is 1. The average molecular weight is 388 g/mol. The van der Waals surface area contributed by atoms with E-state index < -0.39 is 28.1 Å². The van der Waals surface area contributed by atoms with Gasteiger partial charge in [0.1, 0.15) is 0 Å². The molecular weight excluding hydrogens is 368 g/mol. The van der Waals surface area contributed by atoms with Crippen molar-refractivity contribution in [2.24, 2.45) is 5.11 Å². The number of rotatable bonds is 8. The summed E-state index contributed by atoms with van der Waals surface area (Å²) in [5, 5.41) is 3.72. The monoisotopic (exact) mass is 388 g/mol. The Hall–Kier alpha value is -2.87. The third-order valence-corrected chi connectivity index (χ3v) is 5.46.